The van der Waals surface area contributed by atoms with Crippen LogP contribution in [0.25, 0.3) is 11.0 Å². The summed E-state index contributed by atoms with van der Waals surface area (Å²) in [5, 5.41) is 0.954. The summed E-state index contributed by atoms with van der Waals surface area (Å²) in [7, 11) is 0. The highest BCUT2D eigenvalue weighted by Crippen LogP contribution is 2.30. The van der Waals surface area contributed by atoms with Gasteiger partial charge in [0.1, 0.15) is 11.3 Å². The van der Waals surface area contributed by atoms with E-state index >= 15 is 0 Å². The number of ether oxygens (including phenoxy) is 2. The first-order chi connectivity index (χ1) is 12.7. The number of nitrogens with zero attached hydrogens (tertiary/aromatic N) is 1. The largest absolute Gasteiger partial charge is 0.462 e. The van der Waals surface area contributed by atoms with E-state index in [0.717, 1.165) is 35.8 Å². The number of hydrogen-bond acceptors (Lipinski definition) is 6. The number of aromatic nitrogens is 1. The highest BCUT2D eigenvalue weighted by molar-refractivity contribution is 5.89. The molecular weight excluding hydrogens is 334 g/mol. The number of rotatable bonds is 4. The van der Waals surface area contributed by atoms with E-state index in [1.54, 1.807) is 25.1 Å². The average Bonchev–Trinajstić information content (AvgIpc) is 3.13. The highest BCUT2D eigenvalue weighted by Gasteiger charge is 2.19. The molecule has 26 heavy (non-hydrogen) atoms. The molecule has 0 radical (unpaired) electrons. The Morgan fingerprint density at radius 1 is 1.19 bits per heavy atom. The second-order valence-electron chi connectivity index (χ2n) is 6.07. The van der Waals surface area contributed by atoms with Crippen LogP contribution in [0.5, 0.6) is 11.6 Å². The van der Waals surface area contributed by atoms with E-state index < -0.39 is 5.97 Å². The minimum absolute atomic E-state index is 0.265. The molecule has 0 atom stereocenters. The topological polar surface area (TPSA) is 78.6 Å². The van der Waals surface area contributed by atoms with Gasteiger partial charge in [-0.25, -0.2) is 14.6 Å². The van der Waals surface area contributed by atoms with Gasteiger partial charge in [-0.1, -0.05) is 0 Å². The van der Waals surface area contributed by atoms with Gasteiger partial charge in [0, 0.05) is 29.3 Å². The van der Waals surface area contributed by atoms with Gasteiger partial charge in [0.25, 0.3) is 0 Å². The van der Waals surface area contributed by atoms with Crippen LogP contribution in [0.15, 0.2) is 45.7 Å². The molecule has 4 rings (SSSR count). The van der Waals surface area contributed by atoms with E-state index in [2.05, 4.69) is 4.98 Å². The number of aryl methyl sites for hydroxylation is 1. The van der Waals surface area contributed by atoms with E-state index in [1.165, 1.54) is 6.20 Å². The van der Waals surface area contributed by atoms with E-state index in [1.807, 2.05) is 12.1 Å². The van der Waals surface area contributed by atoms with Crippen molar-refractivity contribution in [2.75, 3.05) is 6.61 Å². The first kappa shape index (κ1) is 16.3. The SMILES string of the molecule is CCOC(=O)c1ccc(Oc2ccc3c4c(c(=O)oc3c2)CCC4)nc1. The molecule has 6 nitrogen and oxygen atoms in total. The van der Waals surface area contributed by atoms with Crippen molar-refractivity contribution >= 4 is 16.9 Å². The molecular formula is C20H17NO5. The van der Waals surface area contributed by atoms with Gasteiger partial charge in [-0.2, -0.15) is 0 Å². The predicted octanol–water partition coefficient (Wildman–Crippen LogP) is 3.65. The maximum atomic E-state index is 12.1. The molecule has 0 amide bonds. The Hall–Kier alpha value is -3.15. The maximum absolute atomic E-state index is 12.1. The molecule has 0 spiro atoms. The molecule has 3 aromatic rings. The van der Waals surface area contributed by atoms with Gasteiger partial charge in [-0.05, 0) is 49.9 Å². The minimum atomic E-state index is -0.423. The quantitative estimate of drug-likeness (QED) is 0.527. The molecule has 1 aliphatic rings. The smallest absolute Gasteiger partial charge is 0.339 e. The van der Waals surface area contributed by atoms with Crippen molar-refractivity contribution in [3.05, 3.63) is 63.6 Å². The Morgan fingerprint density at radius 3 is 2.81 bits per heavy atom. The second-order valence-corrected chi connectivity index (χ2v) is 6.07. The monoisotopic (exact) mass is 351 g/mol. The highest BCUT2D eigenvalue weighted by atomic mass is 16.5. The third kappa shape index (κ3) is 2.94. The predicted molar refractivity (Wildman–Crippen MR) is 94.8 cm³/mol. The Bertz CT molecular complexity index is 1040. The fraction of sp³-hybridized carbons (Fsp3) is 0.250. The Balaban J connectivity index is 1.61. The Labute approximate surface area is 149 Å². The lowest BCUT2D eigenvalue weighted by atomic mass is 10.1. The molecule has 0 saturated heterocycles. The Morgan fingerprint density at radius 2 is 2.04 bits per heavy atom. The summed E-state index contributed by atoms with van der Waals surface area (Å²) in [6.07, 6.45) is 4.06. The standard InChI is InChI=1S/C20H17NO5/c1-2-24-19(22)12-6-9-18(21-11-12)25-13-7-8-15-14-4-3-5-16(14)20(23)26-17(15)10-13/h6-11H,2-5H2,1H3. The zero-order chi connectivity index (χ0) is 18.1. The van der Waals surface area contributed by atoms with Crippen molar-refractivity contribution in [3.63, 3.8) is 0 Å². The number of carbonyl (C=O) groups excluding carboxylic acids is 1. The molecule has 2 heterocycles. The lowest BCUT2D eigenvalue weighted by Gasteiger charge is -2.08. The molecule has 0 bridgehead atoms. The maximum Gasteiger partial charge on any atom is 0.339 e. The summed E-state index contributed by atoms with van der Waals surface area (Å²) < 4.78 is 16.1. The second kappa shape index (κ2) is 6.63. The fourth-order valence-corrected chi connectivity index (χ4v) is 3.22. The van der Waals surface area contributed by atoms with Crippen LogP contribution in [-0.4, -0.2) is 17.6 Å². The zero-order valence-corrected chi connectivity index (χ0v) is 14.3. The zero-order valence-electron chi connectivity index (χ0n) is 14.3. The van der Waals surface area contributed by atoms with Gasteiger partial charge in [-0.3, -0.25) is 0 Å². The summed E-state index contributed by atoms with van der Waals surface area (Å²) in [4.78, 5) is 27.8. The van der Waals surface area contributed by atoms with Crippen molar-refractivity contribution in [1.82, 2.24) is 4.98 Å². The van der Waals surface area contributed by atoms with Gasteiger partial charge < -0.3 is 13.9 Å². The normalized spacial score (nSPS) is 12.8. The summed E-state index contributed by atoms with van der Waals surface area (Å²) in [5.41, 5.74) is 2.48. The lowest BCUT2D eigenvalue weighted by molar-refractivity contribution is 0.0526. The van der Waals surface area contributed by atoms with Crippen LogP contribution >= 0.6 is 0 Å². The molecule has 0 aliphatic heterocycles. The van der Waals surface area contributed by atoms with Crippen LogP contribution < -0.4 is 10.4 Å². The van der Waals surface area contributed by atoms with Crippen molar-refractivity contribution in [2.24, 2.45) is 0 Å². The molecule has 0 fully saturated rings. The summed E-state index contributed by atoms with van der Waals surface area (Å²) in [6.45, 7) is 2.05. The third-order valence-corrected chi connectivity index (χ3v) is 4.41. The molecule has 0 unspecified atom stereocenters. The van der Waals surface area contributed by atoms with Crippen LogP contribution in [0.2, 0.25) is 0 Å². The Kier molecular flexibility index (Phi) is 4.16. The van der Waals surface area contributed by atoms with Gasteiger partial charge in [0.2, 0.25) is 5.88 Å². The molecule has 1 aromatic carbocycles. The number of esters is 1. The van der Waals surface area contributed by atoms with E-state index in [0.29, 0.717) is 29.4 Å². The van der Waals surface area contributed by atoms with Crippen LogP contribution in [0.1, 0.15) is 34.8 Å². The number of carbonyl (C=O) groups is 1. The van der Waals surface area contributed by atoms with Gasteiger partial charge in [0.15, 0.2) is 0 Å². The molecule has 132 valence electrons. The minimum Gasteiger partial charge on any atom is -0.462 e. The van der Waals surface area contributed by atoms with Crippen LogP contribution in [0.4, 0.5) is 0 Å². The summed E-state index contributed by atoms with van der Waals surface area (Å²) in [5.74, 6) is 0.420. The van der Waals surface area contributed by atoms with Gasteiger partial charge >= 0.3 is 11.6 Å². The van der Waals surface area contributed by atoms with Crippen LogP contribution in [0, 0.1) is 0 Å². The molecule has 2 aromatic heterocycles. The third-order valence-electron chi connectivity index (χ3n) is 4.41. The number of hydrogen-bond donors (Lipinski definition) is 0. The molecule has 0 saturated carbocycles. The van der Waals surface area contributed by atoms with Gasteiger partial charge in [-0.15, -0.1) is 0 Å². The van der Waals surface area contributed by atoms with Crippen molar-refractivity contribution in [1.29, 1.82) is 0 Å². The number of pyridine rings is 1. The summed E-state index contributed by atoms with van der Waals surface area (Å²) in [6, 6.07) is 8.60. The summed E-state index contributed by atoms with van der Waals surface area (Å²) >= 11 is 0. The van der Waals surface area contributed by atoms with Crippen LogP contribution in [0.3, 0.4) is 0 Å². The number of benzene rings is 1. The van der Waals surface area contributed by atoms with Crippen LogP contribution in [-0.2, 0) is 17.6 Å². The lowest BCUT2D eigenvalue weighted by Crippen LogP contribution is -2.06. The number of fused-ring (bicyclic) bond motifs is 3. The van der Waals surface area contributed by atoms with Crippen molar-refractivity contribution < 1.29 is 18.7 Å². The van der Waals surface area contributed by atoms with Gasteiger partial charge in [0.05, 0.1) is 12.2 Å². The van der Waals surface area contributed by atoms with E-state index in [-0.39, 0.29) is 5.63 Å². The molecule has 0 N–H and O–H groups in total. The average molecular weight is 351 g/mol. The first-order valence-electron chi connectivity index (χ1n) is 8.55. The molecule has 1 aliphatic carbocycles. The fourth-order valence-electron chi connectivity index (χ4n) is 3.22. The van der Waals surface area contributed by atoms with E-state index in [4.69, 9.17) is 13.9 Å². The van der Waals surface area contributed by atoms with Crippen molar-refractivity contribution in [3.8, 4) is 11.6 Å². The van der Waals surface area contributed by atoms with Crippen molar-refractivity contribution in [2.45, 2.75) is 26.2 Å². The van der Waals surface area contributed by atoms with E-state index in [9.17, 15) is 9.59 Å². The first-order valence-corrected chi connectivity index (χ1v) is 8.55. The molecule has 6 heteroatoms.